The lowest BCUT2D eigenvalue weighted by molar-refractivity contribution is 0.00477. The van der Waals surface area contributed by atoms with Crippen LogP contribution in [0.3, 0.4) is 0 Å². The van der Waals surface area contributed by atoms with Crippen molar-refractivity contribution in [2.75, 3.05) is 19.1 Å². The van der Waals surface area contributed by atoms with Crippen LogP contribution in [0.5, 0.6) is 0 Å². The zero-order chi connectivity index (χ0) is 11.4. The summed E-state index contributed by atoms with van der Waals surface area (Å²) in [5, 5.41) is 0. The van der Waals surface area contributed by atoms with Crippen molar-refractivity contribution in [1.82, 2.24) is 0 Å². The van der Waals surface area contributed by atoms with Gasteiger partial charge >= 0.3 is 0 Å². The largest absolute Gasteiger partial charge is 0.381 e. The first-order chi connectivity index (χ1) is 7.74. The standard InChI is InChI=1S/C13H16BrClO/c14-12-4-1-3-11(7-12)8-13(9-15)5-2-6-16-10-13/h1,3-4,7H,2,5-6,8-10H2. The van der Waals surface area contributed by atoms with Gasteiger partial charge in [-0.2, -0.15) is 0 Å². The molecule has 0 saturated carbocycles. The highest BCUT2D eigenvalue weighted by molar-refractivity contribution is 9.10. The molecule has 1 atom stereocenters. The smallest absolute Gasteiger partial charge is 0.0537 e. The number of halogens is 2. The Labute approximate surface area is 110 Å². The number of benzene rings is 1. The molecule has 2 rings (SSSR count). The highest BCUT2D eigenvalue weighted by Gasteiger charge is 2.32. The van der Waals surface area contributed by atoms with E-state index in [0.717, 1.165) is 30.5 Å². The molecule has 0 spiro atoms. The normalized spacial score (nSPS) is 25.6. The highest BCUT2D eigenvalue weighted by Crippen LogP contribution is 2.34. The molecule has 1 aromatic rings. The summed E-state index contributed by atoms with van der Waals surface area (Å²) < 4.78 is 6.71. The maximum absolute atomic E-state index is 6.14. The first-order valence-electron chi connectivity index (χ1n) is 5.62. The van der Waals surface area contributed by atoms with E-state index in [1.54, 1.807) is 0 Å². The van der Waals surface area contributed by atoms with Crippen molar-refractivity contribution in [3.63, 3.8) is 0 Å². The fourth-order valence-corrected chi connectivity index (χ4v) is 3.03. The van der Waals surface area contributed by atoms with Crippen LogP contribution in [0.1, 0.15) is 18.4 Å². The van der Waals surface area contributed by atoms with E-state index in [1.165, 1.54) is 12.0 Å². The average Bonchev–Trinajstić information content (AvgIpc) is 2.30. The zero-order valence-corrected chi connectivity index (χ0v) is 11.6. The third-order valence-corrected chi connectivity index (χ3v) is 4.22. The molecule has 1 nitrogen and oxygen atoms in total. The second-order valence-corrected chi connectivity index (χ2v) is 5.78. The summed E-state index contributed by atoms with van der Waals surface area (Å²) in [6.45, 7) is 1.68. The second kappa shape index (κ2) is 5.52. The zero-order valence-electron chi connectivity index (χ0n) is 9.22. The van der Waals surface area contributed by atoms with E-state index in [-0.39, 0.29) is 5.41 Å². The average molecular weight is 304 g/mol. The van der Waals surface area contributed by atoms with E-state index >= 15 is 0 Å². The van der Waals surface area contributed by atoms with Crippen molar-refractivity contribution in [1.29, 1.82) is 0 Å². The van der Waals surface area contributed by atoms with Crippen molar-refractivity contribution in [3.05, 3.63) is 34.3 Å². The van der Waals surface area contributed by atoms with Gasteiger partial charge in [-0.1, -0.05) is 28.1 Å². The Morgan fingerprint density at radius 3 is 2.94 bits per heavy atom. The molecule has 88 valence electrons. The lowest BCUT2D eigenvalue weighted by atomic mass is 9.79. The maximum Gasteiger partial charge on any atom is 0.0537 e. The lowest BCUT2D eigenvalue weighted by Crippen LogP contribution is -2.35. The van der Waals surface area contributed by atoms with Crippen molar-refractivity contribution in [2.45, 2.75) is 19.3 Å². The predicted octanol–water partition coefficient (Wildman–Crippen LogP) is 4.03. The molecule has 1 saturated heterocycles. The van der Waals surface area contributed by atoms with Gasteiger partial charge in [0.05, 0.1) is 6.61 Å². The van der Waals surface area contributed by atoms with Gasteiger partial charge in [-0.05, 0) is 37.0 Å². The molecule has 0 radical (unpaired) electrons. The number of hydrogen-bond donors (Lipinski definition) is 0. The summed E-state index contributed by atoms with van der Waals surface area (Å²) >= 11 is 9.64. The molecule has 3 heteroatoms. The summed E-state index contributed by atoms with van der Waals surface area (Å²) in [6, 6.07) is 8.45. The first kappa shape index (κ1) is 12.4. The maximum atomic E-state index is 6.14. The summed E-state index contributed by atoms with van der Waals surface area (Å²) in [5.41, 5.74) is 1.47. The highest BCUT2D eigenvalue weighted by atomic mass is 79.9. The Morgan fingerprint density at radius 2 is 2.31 bits per heavy atom. The molecule has 1 unspecified atom stereocenters. The van der Waals surface area contributed by atoms with Crippen LogP contribution in [0.15, 0.2) is 28.7 Å². The van der Waals surface area contributed by atoms with Gasteiger partial charge in [-0.3, -0.25) is 0 Å². The number of hydrogen-bond acceptors (Lipinski definition) is 1. The molecule has 16 heavy (non-hydrogen) atoms. The molecule has 1 heterocycles. The van der Waals surface area contributed by atoms with E-state index in [1.807, 2.05) is 6.07 Å². The van der Waals surface area contributed by atoms with Crippen LogP contribution in [-0.2, 0) is 11.2 Å². The fourth-order valence-electron chi connectivity index (χ4n) is 2.28. The van der Waals surface area contributed by atoms with Crippen LogP contribution in [0.4, 0.5) is 0 Å². The van der Waals surface area contributed by atoms with Crippen molar-refractivity contribution >= 4 is 27.5 Å². The SMILES string of the molecule is ClCC1(Cc2cccc(Br)c2)CCCOC1. The van der Waals surface area contributed by atoms with E-state index in [0.29, 0.717) is 5.88 Å². The van der Waals surface area contributed by atoms with Gasteiger partial charge in [0, 0.05) is 22.4 Å². The van der Waals surface area contributed by atoms with Gasteiger partial charge in [0.15, 0.2) is 0 Å². The molecule has 1 aromatic carbocycles. The molecular weight excluding hydrogens is 287 g/mol. The Bertz CT molecular complexity index is 348. The molecule has 0 aromatic heterocycles. The number of rotatable bonds is 3. The van der Waals surface area contributed by atoms with E-state index in [9.17, 15) is 0 Å². The topological polar surface area (TPSA) is 9.23 Å². The molecule has 1 aliphatic heterocycles. The second-order valence-electron chi connectivity index (χ2n) is 4.60. The number of alkyl halides is 1. The van der Waals surface area contributed by atoms with Crippen LogP contribution in [0, 0.1) is 5.41 Å². The Morgan fingerprint density at radius 1 is 1.44 bits per heavy atom. The lowest BCUT2D eigenvalue weighted by Gasteiger charge is -2.35. The monoisotopic (exact) mass is 302 g/mol. The molecule has 0 amide bonds. The number of ether oxygens (including phenoxy) is 1. The summed E-state index contributed by atoms with van der Waals surface area (Å²) in [5.74, 6) is 0.680. The van der Waals surface area contributed by atoms with Gasteiger partial charge in [0.2, 0.25) is 0 Å². The van der Waals surface area contributed by atoms with Crippen LogP contribution in [0.25, 0.3) is 0 Å². The summed E-state index contributed by atoms with van der Waals surface area (Å²) in [4.78, 5) is 0. The fraction of sp³-hybridized carbons (Fsp3) is 0.538. The Balaban J connectivity index is 2.11. The summed E-state index contributed by atoms with van der Waals surface area (Å²) in [6.07, 6.45) is 3.31. The molecule has 0 N–H and O–H groups in total. The van der Waals surface area contributed by atoms with Gasteiger partial charge in [0.1, 0.15) is 0 Å². The van der Waals surface area contributed by atoms with Gasteiger partial charge in [-0.15, -0.1) is 11.6 Å². The minimum atomic E-state index is 0.139. The Hall–Kier alpha value is -0.0500. The third kappa shape index (κ3) is 2.99. The third-order valence-electron chi connectivity index (χ3n) is 3.16. The van der Waals surface area contributed by atoms with E-state index < -0.39 is 0 Å². The predicted molar refractivity (Wildman–Crippen MR) is 71.1 cm³/mol. The van der Waals surface area contributed by atoms with E-state index in [2.05, 4.69) is 34.1 Å². The van der Waals surface area contributed by atoms with E-state index in [4.69, 9.17) is 16.3 Å². The quantitative estimate of drug-likeness (QED) is 0.766. The van der Waals surface area contributed by atoms with Crippen LogP contribution in [0.2, 0.25) is 0 Å². The van der Waals surface area contributed by atoms with Crippen molar-refractivity contribution in [3.8, 4) is 0 Å². The van der Waals surface area contributed by atoms with Crippen molar-refractivity contribution < 1.29 is 4.74 Å². The van der Waals surface area contributed by atoms with Gasteiger partial charge in [0.25, 0.3) is 0 Å². The minimum absolute atomic E-state index is 0.139. The minimum Gasteiger partial charge on any atom is -0.381 e. The van der Waals surface area contributed by atoms with Crippen molar-refractivity contribution in [2.24, 2.45) is 5.41 Å². The van der Waals surface area contributed by atoms with Crippen LogP contribution in [-0.4, -0.2) is 19.1 Å². The van der Waals surface area contributed by atoms with Crippen LogP contribution >= 0.6 is 27.5 Å². The molecule has 1 aliphatic rings. The van der Waals surface area contributed by atoms with Gasteiger partial charge < -0.3 is 4.74 Å². The molecule has 1 fully saturated rings. The molecular formula is C13H16BrClO. The molecule has 0 aliphatic carbocycles. The van der Waals surface area contributed by atoms with Gasteiger partial charge in [-0.25, -0.2) is 0 Å². The molecule has 0 bridgehead atoms. The first-order valence-corrected chi connectivity index (χ1v) is 6.95. The summed E-state index contributed by atoms with van der Waals surface area (Å²) in [7, 11) is 0. The Kier molecular flexibility index (Phi) is 4.28. The van der Waals surface area contributed by atoms with Crippen LogP contribution < -0.4 is 0 Å².